The van der Waals surface area contributed by atoms with Gasteiger partial charge in [0.25, 0.3) is 5.92 Å². The molecule has 1 aliphatic carbocycles. The molecule has 2 aliphatic rings. The van der Waals surface area contributed by atoms with E-state index in [1.165, 1.54) is 6.07 Å². The summed E-state index contributed by atoms with van der Waals surface area (Å²) in [5.74, 6) is -1.94. The summed E-state index contributed by atoms with van der Waals surface area (Å²) >= 11 is 0. The largest absolute Gasteiger partial charge is 0.490 e. The van der Waals surface area contributed by atoms with Crippen molar-refractivity contribution >= 4 is 0 Å². The fourth-order valence-electron chi connectivity index (χ4n) is 3.65. The fraction of sp³-hybridized carbons (Fsp3) is 0.647. The molecule has 0 spiro atoms. The molecule has 1 heterocycles. The van der Waals surface area contributed by atoms with Crippen LogP contribution >= 0.6 is 0 Å². The predicted octanol–water partition coefficient (Wildman–Crippen LogP) is 3.73. The SMILES string of the molecule is CC(F)(F)c1cc2c(cc1C1(CN)CCCC1)OCCCO2. The first-order valence-electron chi connectivity index (χ1n) is 7.99. The van der Waals surface area contributed by atoms with Crippen molar-refractivity contribution in [2.45, 2.75) is 50.4 Å². The van der Waals surface area contributed by atoms with Gasteiger partial charge in [0, 0.05) is 30.9 Å². The lowest BCUT2D eigenvalue weighted by Crippen LogP contribution is -2.34. The third-order valence-corrected chi connectivity index (χ3v) is 4.88. The third kappa shape index (κ3) is 2.67. The maximum atomic E-state index is 14.2. The van der Waals surface area contributed by atoms with Crippen LogP contribution in [0.15, 0.2) is 12.1 Å². The zero-order valence-corrected chi connectivity index (χ0v) is 13.0. The number of nitrogens with two attached hydrogens (primary N) is 1. The molecule has 1 aromatic rings. The van der Waals surface area contributed by atoms with Crippen LogP contribution in [0.4, 0.5) is 8.78 Å². The number of ether oxygens (including phenoxy) is 2. The molecule has 0 bridgehead atoms. The Morgan fingerprint density at radius 2 is 1.68 bits per heavy atom. The average molecular weight is 311 g/mol. The normalized spacial score (nSPS) is 20.7. The van der Waals surface area contributed by atoms with E-state index in [4.69, 9.17) is 15.2 Å². The standard InChI is InChI=1S/C17H23F2NO2/c1-16(18,19)12-9-14-15(22-8-4-7-21-14)10-13(12)17(11-20)5-2-3-6-17/h9-10H,2-8,11,20H2,1H3. The van der Waals surface area contributed by atoms with Crippen LogP contribution in [0.3, 0.4) is 0 Å². The molecule has 5 heteroatoms. The van der Waals surface area contributed by atoms with Gasteiger partial charge in [0.2, 0.25) is 0 Å². The van der Waals surface area contributed by atoms with Gasteiger partial charge < -0.3 is 15.2 Å². The summed E-state index contributed by atoms with van der Waals surface area (Å²) < 4.78 is 39.7. The molecule has 3 nitrogen and oxygen atoms in total. The molecule has 1 fully saturated rings. The van der Waals surface area contributed by atoms with Gasteiger partial charge in [-0.05, 0) is 30.5 Å². The molecule has 3 rings (SSSR count). The van der Waals surface area contributed by atoms with Gasteiger partial charge in [-0.3, -0.25) is 0 Å². The minimum atomic E-state index is -2.93. The Balaban J connectivity index is 2.16. The van der Waals surface area contributed by atoms with Crippen LogP contribution in [0.2, 0.25) is 0 Å². The lowest BCUT2D eigenvalue weighted by Gasteiger charge is -2.32. The van der Waals surface area contributed by atoms with Crippen molar-refractivity contribution in [3.63, 3.8) is 0 Å². The molecule has 0 saturated heterocycles. The molecular formula is C17H23F2NO2. The van der Waals surface area contributed by atoms with Crippen LogP contribution in [-0.4, -0.2) is 19.8 Å². The van der Waals surface area contributed by atoms with E-state index in [9.17, 15) is 8.78 Å². The summed E-state index contributed by atoms with van der Waals surface area (Å²) in [6.45, 7) is 2.36. The molecule has 2 N–H and O–H groups in total. The van der Waals surface area contributed by atoms with E-state index in [1.807, 2.05) is 0 Å². The highest BCUT2D eigenvalue weighted by atomic mass is 19.3. The number of halogens is 2. The molecular weight excluding hydrogens is 288 g/mol. The number of fused-ring (bicyclic) bond motifs is 1. The molecule has 0 atom stereocenters. The van der Waals surface area contributed by atoms with Crippen molar-refractivity contribution in [3.05, 3.63) is 23.3 Å². The van der Waals surface area contributed by atoms with Crippen molar-refractivity contribution in [1.29, 1.82) is 0 Å². The number of alkyl halides is 2. The van der Waals surface area contributed by atoms with E-state index in [2.05, 4.69) is 0 Å². The van der Waals surface area contributed by atoms with Crippen molar-refractivity contribution in [3.8, 4) is 11.5 Å². The van der Waals surface area contributed by atoms with Gasteiger partial charge in [0.05, 0.1) is 13.2 Å². The summed E-state index contributed by atoms with van der Waals surface area (Å²) in [4.78, 5) is 0. The second kappa shape index (κ2) is 5.69. The van der Waals surface area contributed by atoms with Crippen molar-refractivity contribution < 1.29 is 18.3 Å². The van der Waals surface area contributed by atoms with E-state index in [0.717, 1.165) is 39.0 Å². The maximum absolute atomic E-state index is 14.2. The van der Waals surface area contributed by atoms with Gasteiger partial charge >= 0.3 is 0 Å². The van der Waals surface area contributed by atoms with Crippen LogP contribution in [0, 0.1) is 0 Å². The van der Waals surface area contributed by atoms with Crippen LogP contribution < -0.4 is 15.2 Å². The summed E-state index contributed by atoms with van der Waals surface area (Å²) in [6.07, 6.45) is 4.52. The predicted molar refractivity (Wildman–Crippen MR) is 80.8 cm³/mol. The lowest BCUT2D eigenvalue weighted by molar-refractivity contribution is 0.0150. The number of benzene rings is 1. The Bertz CT molecular complexity index is 548. The minimum absolute atomic E-state index is 0.0316. The van der Waals surface area contributed by atoms with Gasteiger partial charge in [-0.2, -0.15) is 0 Å². The lowest BCUT2D eigenvalue weighted by atomic mass is 9.75. The maximum Gasteiger partial charge on any atom is 0.270 e. The number of hydrogen-bond acceptors (Lipinski definition) is 3. The number of hydrogen-bond donors (Lipinski definition) is 1. The molecule has 0 aromatic heterocycles. The first kappa shape index (κ1) is 15.5. The van der Waals surface area contributed by atoms with Gasteiger partial charge in [-0.1, -0.05) is 12.8 Å². The van der Waals surface area contributed by atoms with Crippen molar-refractivity contribution in [1.82, 2.24) is 0 Å². The van der Waals surface area contributed by atoms with Crippen molar-refractivity contribution in [2.24, 2.45) is 5.73 Å². The average Bonchev–Trinajstić information content (AvgIpc) is 2.85. The molecule has 0 radical (unpaired) electrons. The van der Waals surface area contributed by atoms with Gasteiger partial charge in [0.1, 0.15) is 0 Å². The van der Waals surface area contributed by atoms with Gasteiger partial charge in [-0.15, -0.1) is 0 Å². The highest BCUT2D eigenvalue weighted by Gasteiger charge is 2.41. The molecule has 122 valence electrons. The second-order valence-corrected chi connectivity index (χ2v) is 6.47. The van der Waals surface area contributed by atoms with E-state index in [0.29, 0.717) is 36.8 Å². The highest BCUT2D eigenvalue weighted by Crippen LogP contribution is 2.48. The monoisotopic (exact) mass is 311 g/mol. The zero-order chi connectivity index (χ0) is 15.8. The Kier molecular flexibility index (Phi) is 4.02. The summed E-state index contributed by atoms with van der Waals surface area (Å²) in [5, 5.41) is 0. The molecule has 1 aliphatic heterocycles. The van der Waals surface area contributed by atoms with E-state index < -0.39 is 5.92 Å². The molecule has 1 aromatic carbocycles. The second-order valence-electron chi connectivity index (χ2n) is 6.47. The first-order chi connectivity index (χ1) is 10.5. The Morgan fingerprint density at radius 3 is 2.23 bits per heavy atom. The smallest absolute Gasteiger partial charge is 0.270 e. The third-order valence-electron chi connectivity index (χ3n) is 4.88. The Hall–Kier alpha value is -1.36. The fourth-order valence-corrected chi connectivity index (χ4v) is 3.65. The minimum Gasteiger partial charge on any atom is -0.490 e. The quantitative estimate of drug-likeness (QED) is 0.925. The number of rotatable bonds is 3. The highest BCUT2D eigenvalue weighted by molar-refractivity contribution is 5.52. The van der Waals surface area contributed by atoms with Crippen molar-refractivity contribution in [2.75, 3.05) is 19.8 Å². The van der Waals surface area contributed by atoms with E-state index in [-0.39, 0.29) is 11.0 Å². The molecule has 22 heavy (non-hydrogen) atoms. The van der Waals surface area contributed by atoms with Crippen LogP contribution in [0.5, 0.6) is 11.5 Å². The molecule has 1 saturated carbocycles. The van der Waals surface area contributed by atoms with Gasteiger partial charge in [0.15, 0.2) is 11.5 Å². The van der Waals surface area contributed by atoms with Crippen LogP contribution in [-0.2, 0) is 11.3 Å². The summed E-state index contributed by atoms with van der Waals surface area (Å²) in [7, 11) is 0. The summed E-state index contributed by atoms with van der Waals surface area (Å²) in [5.41, 5.74) is 6.32. The Labute approximate surface area is 129 Å². The van der Waals surface area contributed by atoms with E-state index >= 15 is 0 Å². The first-order valence-corrected chi connectivity index (χ1v) is 7.99. The van der Waals surface area contributed by atoms with Crippen LogP contribution in [0.25, 0.3) is 0 Å². The molecule has 0 amide bonds. The molecule has 0 unspecified atom stereocenters. The zero-order valence-electron chi connectivity index (χ0n) is 13.0. The summed E-state index contributed by atoms with van der Waals surface area (Å²) in [6, 6.07) is 3.22. The topological polar surface area (TPSA) is 44.5 Å². The van der Waals surface area contributed by atoms with Gasteiger partial charge in [-0.25, -0.2) is 8.78 Å². The van der Waals surface area contributed by atoms with Crippen LogP contribution in [0.1, 0.15) is 50.2 Å². The van der Waals surface area contributed by atoms with E-state index in [1.54, 1.807) is 6.07 Å². The Morgan fingerprint density at radius 1 is 1.09 bits per heavy atom.